The number of nitrogens with zero attached hydrogens (tertiary/aromatic N) is 2. The van der Waals surface area contributed by atoms with E-state index < -0.39 is 93.1 Å². The van der Waals surface area contributed by atoms with Crippen LogP contribution in [-0.2, 0) is 33.5 Å². The SMILES string of the molecule is CCN(CCC1CCCCC1)Cc1cc(O)c2c(c1C(F)(F)F)C[C@H]1C[C@H]3[C@H](N(C)C)C(=O)C(C(N)=O)=C(O)[C@@]3(O)C(=O)C1=C2O. The Kier molecular flexibility index (Phi) is 9.08. The molecule has 46 heavy (non-hydrogen) atoms. The van der Waals surface area contributed by atoms with E-state index >= 15 is 0 Å². The van der Waals surface area contributed by atoms with Gasteiger partial charge in [0.1, 0.15) is 22.8 Å². The summed E-state index contributed by atoms with van der Waals surface area (Å²) in [5, 5.41) is 45.1. The van der Waals surface area contributed by atoms with Crippen LogP contribution in [0.15, 0.2) is 23.0 Å². The van der Waals surface area contributed by atoms with Crippen LogP contribution >= 0.6 is 0 Å². The fraction of sp³-hybridized carbons (Fsp3) is 0.606. The van der Waals surface area contributed by atoms with Crippen molar-refractivity contribution in [2.45, 2.75) is 82.7 Å². The van der Waals surface area contributed by atoms with Gasteiger partial charge in [0, 0.05) is 18.0 Å². The summed E-state index contributed by atoms with van der Waals surface area (Å²) in [6.45, 7) is 2.85. The van der Waals surface area contributed by atoms with Gasteiger partial charge in [-0.1, -0.05) is 39.0 Å². The third kappa shape index (κ3) is 5.49. The predicted molar refractivity (Wildman–Crippen MR) is 161 cm³/mol. The molecule has 2 saturated carbocycles. The number of aliphatic hydroxyl groups is 3. The number of ketones is 2. The summed E-state index contributed by atoms with van der Waals surface area (Å²) in [5.41, 5.74) is -1.10. The maximum Gasteiger partial charge on any atom is 0.417 e. The van der Waals surface area contributed by atoms with Crippen molar-refractivity contribution in [2.75, 3.05) is 27.2 Å². The first-order chi connectivity index (χ1) is 21.5. The topological polar surface area (TPSA) is 165 Å². The molecule has 0 bridgehead atoms. The Balaban J connectivity index is 1.60. The quantitative estimate of drug-likeness (QED) is 0.264. The second-order valence-electron chi connectivity index (χ2n) is 13.4. The molecule has 1 aromatic rings. The van der Waals surface area contributed by atoms with Crippen LogP contribution in [0.4, 0.5) is 13.2 Å². The fourth-order valence-electron chi connectivity index (χ4n) is 8.29. The van der Waals surface area contributed by atoms with Crippen LogP contribution in [0.25, 0.3) is 5.76 Å². The van der Waals surface area contributed by atoms with E-state index in [0.717, 1.165) is 38.2 Å². The molecule has 0 aliphatic heterocycles. The summed E-state index contributed by atoms with van der Waals surface area (Å²) >= 11 is 0. The number of carbonyl (C=O) groups is 3. The van der Waals surface area contributed by atoms with Crippen LogP contribution in [0.2, 0.25) is 0 Å². The molecule has 1 amide bonds. The second kappa shape index (κ2) is 12.3. The number of halogens is 3. The molecule has 10 nitrogen and oxygen atoms in total. The van der Waals surface area contributed by atoms with Crippen molar-refractivity contribution < 1.29 is 48.0 Å². The molecular formula is C33H42F3N3O7. The van der Waals surface area contributed by atoms with E-state index in [1.165, 1.54) is 25.4 Å². The standard InChI is InChI=1S/C33H42F3N3O7/c1-4-39(11-10-16-8-6-5-7-9-16)15-18-14-21(40)23-19(25(18)33(34,35)36)12-17-13-20-26(38(2)3)28(42)24(31(37)45)30(44)32(20,46)29(43)22(17)27(23)41/h14,16-17,20,26,40-41,44,46H,4-13,15H2,1-3H3,(H2,37,45)/t17-,20-,26-,32-/m0/s1. The summed E-state index contributed by atoms with van der Waals surface area (Å²) < 4.78 is 44.7. The number of alkyl halides is 3. The molecule has 0 radical (unpaired) electrons. The molecule has 13 heteroatoms. The van der Waals surface area contributed by atoms with E-state index in [1.54, 1.807) is 0 Å². The first-order valence-electron chi connectivity index (χ1n) is 15.9. The number of rotatable bonds is 8. The molecule has 0 saturated heterocycles. The Labute approximate surface area is 265 Å². The summed E-state index contributed by atoms with van der Waals surface area (Å²) in [6, 6.07) is -0.363. The Morgan fingerprint density at radius 1 is 1.11 bits per heavy atom. The monoisotopic (exact) mass is 649 g/mol. The minimum absolute atomic E-state index is 0.0893. The van der Waals surface area contributed by atoms with E-state index in [-0.39, 0.29) is 24.1 Å². The van der Waals surface area contributed by atoms with Gasteiger partial charge < -0.3 is 26.2 Å². The minimum atomic E-state index is -4.88. The van der Waals surface area contributed by atoms with Crippen LogP contribution in [0.5, 0.6) is 5.75 Å². The normalized spacial score (nSPS) is 27.3. The maximum absolute atomic E-state index is 14.9. The lowest BCUT2D eigenvalue weighted by Crippen LogP contribution is -2.65. The molecule has 252 valence electrons. The van der Waals surface area contributed by atoms with Crippen LogP contribution in [0, 0.1) is 17.8 Å². The molecular weight excluding hydrogens is 607 g/mol. The number of phenolic OH excluding ortho intramolecular Hbond substituents is 1. The number of benzene rings is 1. The molecule has 2 fully saturated rings. The van der Waals surface area contributed by atoms with Crippen LogP contribution < -0.4 is 5.73 Å². The van der Waals surface area contributed by atoms with Gasteiger partial charge in [0.25, 0.3) is 5.91 Å². The zero-order valence-corrected chi connectivity index (χ0v) is 26.3. The lowest BCUT2D eigenvalue weighted by molar-refractivity contribution is -0.153. The number of aliphatic hydroxyl groups excluding tert-OH is 2. The fourth-order valence-corrected chi connectivity index (χ4v) is 8.29. The van der Waals surface area contributed by atoms with E-state index in [4.69, 9.17) is 5.73 Å². The van der Waals surface area contributed by atoms with Crippen molar-refractivity contribution in [2.24, 2.45) is 23.5 Å². The number of hydrogen-bond donors (Lipinski definition) is 5. The number of aromatic hydroxyl groups is 1. The van der Waals surface area contributed by atoms with Gasteiger partial charge in [-0.3, -0.25) is 24.2 Å². The molecule has 1 aromatic carbocycles. The average molecular weight is 650 g/mol. The van der Waals surface area contributed by atoms with Crippen LogP contribution in [0.3, 0.4) is 0 Å². The van der Waals surface area contributed by atoms with Crippen molar-refractivity contribution >= 4 is 23.2 Å². The summed E-state index contributed by atoms with van der Waals surface area (Å²) in [4.78, 5) is 42.6. The van der Waals surface area contributed by atoms with Gasteiger partial charge in [-0.25, -0.2) is 0 Å². The molecule has 0 unspecified atom stereocenters. The number of primary amides is 1. The van der Waals surface area contributed by atoms with Gasteiger partial charge in [0.2, 0.25) is 5.78 Å². The minimum Gasteiger partial charge on any atom is -0.508 e. The van der Waals surface area contributed by atoms with E-state index in [9.17, 15) is 48.0 Å². The Bertz CT molecular complexity index is 1510. The lowest BCUT2D eigenvalue weighted by Gasteiger charge is -2.50. The lowest BCUT2D eigenvalue weighted by atomic mass is 9.57. The third-order valence-electron chi connectivity index (χ3n) is 10.5. The highest BCUT2D eigenvalue weighted by atomic mass is 19.4. The highest BCUT2D eigenvalue weighted by Gasteiger charge is 2.64. The predicted octanol–water partition coefficient (Wildman–Crippen LogP) is 3.78. The second-order valence-corrected chi connectivity index (χ2v) is 13.4. The molecule has 5 rings (SSSR count). The number of amides is 1. The smallest absolute Gasteiger partial charge is 0.417 e. The van der Waals surface area contributed by atoms with Gasteiger partial charge in [-0.15, -0.1) is 0 Å². The molecule has 4 atom stereocenters. The molecule has 4 aliphatic rings. The number of fused-ring (bicyclic) bond motifs is 3. The maximum atomic E-state index is 14.9. The van der Waals surface area contributed by atoms with Gasteiger partial charge >= 0.3 is 6.18 Å². The highest BCUT2D eigenvalue weighted by Crippen LogP contribution is 2.54. The summed E-state index contributed by atoms with van der Waals surface area (Å²) in [6.07, 6.45) is 0.969. The first kappa shape index (κ1) is 33.9. The van der Waals surface area contributed by atoms with Gasteiger partial charge in [0.05, 0.1) is 17.2 Å². The summed E-state index contributed by atoms with van der Waals surface area (Å²) in [5.74, 6) is -8.41. The number of Topliss-reactive ketones (excluding diaryl/α,β-unsaturated/α-hetero) is 2. The van der Waals surface area contributed by atoms with Crippen LogP contribution in [0.1, 0.15) is 74.1 Å². The third-order valence-corrected chi connectivity index (χ3v) is 10.5. The molecule has 0 heterocycles. The largest absolute Gasteiger partial charge is 0.508 e. The van der Waals surface area contributed by atoms with Crippen molar-refractivity contribution in [1.82, 2.24) is 9.80 Å². The zero-order chi connectivity index (χ0) is 33.9. The Morgan fingerprint density at radius 2 is 1.76 bits per heavy atom. The van der Waals surface area contributed by atoms with Crippen molar-refractivity contribution in [3.8, 4) is 5.75 Å². The number of likely N-dealkylation sites (N-methyl/N-ethyl adjacent to an activating group) is 1. The van der Waals surface area contributed by atoms with E-state index in [1.807, 2.05) is 11.8 Å². The van der Waals surface area contributed by atoms with Gasteiger partial charge in [-0.2, -0.15) is 13.2 Å². The van der Waals surface area contributed by atoms with Gasteiger partial charge in [0.15, 0.2) is 11.4 Å². The Morgan fingerprint density at radius 3 is 2.33 bits per heavy atom. The van der Waals surface area contributed by atoms with Crippen molar-refractivity contribution in [3.05, 3.63) is 45.2 Å². The van der Waals surface area contributed by atoms with Crippen molar-refractivity contribution in [1.29, 1.82) is 0 Å². The Hall–Kier alpha value is -3.42. The molecule has 0 spiro atoms. The van der Waals surface area contributed by atoms with Crippen molar-refractivity contribution in [3.63, 3.8) is 0 Å². The molecule has 0 aromatic heterocycles. The van der Waals surface area contributed by atoms with Gasteiger partial charge in [-0.05, 0) is 75.5 Å². The number of nitrogens with two attached hydrogens (primary N) is 1. The number of hydrogen-bond acceptors (Lipinski definition) is 9. The average Bonchev–Trinajstić information content (AvgIpc) is 2.96. The number of carbonyl (C=O) groups excluding carboxylic acids is 3. The molecule has 6 N–H and O–H groups in total. The van der Waals surface area contributed by atoms with E-state index in [0.29, 0.717) is 19.0 Å². The zero-order valence-electron chi connectivity index (χ0n) is 26.3. The first-order valence-corrected chi connectivity index (χ1v) is 15.9. The van der Waals surface area contributed by atoms with E-state index in [2.05, 4.69) is 0 Å². The molecule has 4 aliphatic carbocycles. The number of phenols is 1. The highest BCUT2D eigenvalue weighted by molar-refractivity contribution is 6.24. The van der Waals surface area contributed by atoms with Crippen LogP contribution in [-0.4, -0.2) is 86.5 Å². The summed E-state index contributed by atoms with van der Waals surface area (Å²) in [7, 11) is 2.90.